The zero-order valence-electron chi connectivity index (χ0n) is 8.46. The Morgan fingerprint density at radius 2 is 2.21 bits per heavy atom. The van der Waals surface area contributed by atoms with E-state index in [2.05, 4.69) is 35.1 Å². The Labute approximate surface area is 97.5 Å². The van der Waals surface area contributed by atoms with Crippen molar-refractivity contribution in [2.75, 3.05) is 6.54 Å². The van der Waals surface area contributed by atoms with E-state index in [1.807, 2.05) is 12.1 Å². The maximum atomic E-state index is 9.80. The number of thiophene rings is 1. The lowest BCUT2D eigenvalue weighted by Gasteiger charge is -2.11. The third-order valence-electron chi connectivity index (χ3n) is 1.89. The average Bonchev–Trinajstić information content (AvgIpc) is 2.51. The first-order valence-electron chi connectivity index (χ1n) is 4.76. The normalized spacial score (nSPS) is 13.5. The predicted octanol–water partition coefficient (Wildman–Crippen LogP) is 2.93. The van der Waals surface area contributed by atoms with E-state index in [9.17, 15) is 5.11 Å². The third kappa shape index (κ3) is 4.09. The minimum atomic E-state index is -0.336. The molecule has 0 radical (unpaired) electrons. The van der Waals surface area contributed by atoms with Gasteiger partial charge in [0.25, 0.3) is 0 Å². The molecule has 1 atom stereocenters. The van der Waals surface area contributed by atoms with Crippen LogP contribution in [0.25, 0.3) is 0 Å². The van der Waals surface area contributed by atoms with Gasteiger partial charge in [0, 0.05) is 10.9 Å². The van der Waals surface area contributed by atoms with Gasteiger partial charge in [-0.05, 0) is 41.0 Å². The molecule has 0 aliphatic carbocycles. The molecule has 0 saturated carbocycles. The van der Waals surface area contributed by atoms with Crippen LogP contribution in [0, 0.1) is 0 Å². The number of hydrogen-bond donors (Lipinski definition) is 2. The monoisotopic (exact) mass is 277 g/mol. The van der Waals surface area contributed by atoms with Gasteiger partial charge in [-0.1, -0.05) is 13.8 Å². The van der Waals surface area contributed by atoms with Crippen molar-refractivity contribution in [2.45, 2.75) is 32.4 Å². The Morgan fingerprint density at radius 1 is 1.50 bits per heavy atom. The fraction of sp³-hybridized carbons (Fsp3) is 0.600. The highest BCUT2D eigenvalue weighted by Gasteiger charge is 2.09. The van der Waals surface area contributed by atoms with Crippen LogP contribution in [-0.2, 0) is 0 Å². The van der Waals surface area contributed by atoms with Crippen LogP contribution in [0.2, 0.25) is 0 Å². The summed E-state index contributed by atoms with van der Waals surface area (Å²) in [6.45, 7) is 5.07. The summed E-state index contributed by atoms with van der Waals surface area (Å²) in [4.78, 5) is 1.03. The lowest BCUT2D eigenvalue weighted by molar-refractivity contribution is 0.169. The van der Waals surface area contributed by atoms with Crippen LogP contribution >= 0.6 is 27.3 Å². The number of aliphatic hydroxyl groups excluding tert-OH is 1. The van der Waals surface area contributed by atoms with Crippen LogP contribution in [0.3, 0.4) is 0 Å². The number of halogens is 1. The maximum Gasteiger partial charge on any atom is 0.0894 e. The summed E-state index contributed by atoms with van der Waals surface area (Å²) < 4.78 is 1.07. The van der Waals surface area contributed by atoms with Crippen LogP contribution < -0.4 is 5.32 Å². The van der Waals surface area contributed by atoms with Crippen molar-refractivity contribution in [1.82, 2.24) is 5.32 Å². The van der Waals surface area contributed by atoms with Gasteiger partial charge in [-0.3, -0.25) is 0 Å². The molecule has 4 heteroatoms. The Morgan fingerprint density at radius 3 is 2.71 bits per heavy atom. The molecular weight excluding hydrogens is 262 g/mol. The van der Waals surface area contributed by atoms with E-state index >= 15 is 0 Å². The smallest absolute Gasteiger partial charge is 0.0894 e. The molecule has 1 aromatic heterocycles. The molecule has 1 rings (SSSR count). The van der Waals surface area contributed by atoms with E-state index in [1.165, 1.54) is 0 Å². The summed E-state index contributed by atoms with van der Waals surface area (Å²) in [5.74, 6) is 0. The number of rotatable bonds is 5. The van der Waals surface area contributed by atoms with Crippen LogP contribution in [-0.4, -0.2) is 17.7 Å². The first-order valence-corrected chi connectivity index (χ1v) is 6.37. The first-order chi connectivity index (χ1) is 6.59. The molecule has 0 aliphatic rings. The summed E-state index contributed by atoms with van der Waals surface area (Å²) in [5, 5.41) is 13.1. The van der Waals surface area contributed by atoms with Gasteiger partial charge in [0.1, 0.15) is 0 Å². The van der Waals surface area contributed by atoms with Gasteiger partial charge in [0.15, 0.2) is 0 Å². The SMILES string of the molecule is CC(C)NCCC(O)c1ccc(Br)s1. The van der Waals surface area contributed by atoms with Crippen molar-refractivity contribution in [3.8, 4) is 0 Å². The predicted molar refractivity (Wildman–Crippen MR) is 64.7 cm³/mol. The summed E-state index contributed by atoms with van der Waals surface area (Å²) in [6, 6.07) is 4.42. The Balaban J connectivity index is 2.32. The highest BCUT2D eigenvalue weighted by Crippen LogP contribution is 2.28. The molecular formula is C10H16BrNOS. The molecule has 0 spiro atoms. The molecule has 1 aromatic rings. The van der Waals surface area contributed by atoms with E-state index in [0.29, 0.717) is 6.04 Å². The second kappa shape index (κ2) is 5.85. The minimum absolute atomic E-state index is 0.336. The fourth-order valence-corrected chi connectivity index (χ4v) is 2.60. The average molecular weight is 278 g/mol. The van der Waals surface area contributed by atoms with Gasteiger partial charge in [-0.2, -0.15) is 0 Å². The number of nitrogens with one attached hydrogen (secondary N) is 1. The van der Waals surface area contributed by atoms with Crippen molar-refractivity contribution in [3.05, 3.63) is 20.8 Å². The Hall–Kier alpha value is 0.1000. The molecule has 0 aliphatic heterocycles. The Bertz CT molecular complexity index is 275. The Kier molecular flexibility index (Phi) is 5.09. The second-order valence-corrected chi connectivity index (χ2v) is 6.05. The van der Waals surface area contributed by atoms with Crippen molar-refractivity contribution in [3.63, 3.8) is 0 Å². The van der Waals surface area contributed by atoms with Crippen LogP contribution in [0.1, 0.15) is 31.2 Å². The van der Waals surface area contributed by atoms with E-state index in [1.54, 1.807) is 11.3 Å². The van der Waals surface area contributed by atoms with Gasteiger partial charge in [-0.15, -0.1) is 11.3 Å². The van der Waals surface area contributed by atoms with E-state index in [4.69, 9.17) is 0 Å². The van der Waals surface area contributed by atoms with Crippen LogP contribution in [0.4, 0.5) is 0 Å². The molecule has 80 valence electrons. The molecule has 0 amide bonds. The lowest BCUT2D eigenvalue weighted by atomic mass is 10.2. The van der Waals surface area contributed by atoms with E-state index < -0.39 is 0 Å². The van der Waals surface area contributed by atoms with Gasteiger partial charge < -0.3 is 10.4 Å². The number of aliphatic hydroxyl groups is 1. The highest BCUT2D eigenvalue weighted by molar-refractivity contribution is 9.11. The standard InChI is InChI=1S/C10H16BrNOS/c1-7(2)12-6-5-8(13)9-3-4-10(11)14-9/h3-4,7-8,12-13H,5-6H2,1-2H3. The molecule has 14 heavy (non-hydrogen) atoms. The van der Waals surface area contributed by atoms with Gasteiger partial charge in [0.05, 0.1) is 9.89 Å². The summed E-state index contributed by atoms with van der Waals surface area (Å²) in [7, 11) is 0. The first kappa shape index (κ1) is 12.2. The van der Waals surface area contributed by atoms with Crippen molar-refractivity contribution in [1.29, 1.82) is 0 Å². The van der Waals surface area contributed by atoms with Crippen molar-refractivity contribution in [2.24, 2.45) is 0 Å². The highest BCUT2D eigenvalue weighted by atomic mass is 79.9. The molecule has 0 saturated heterocycles. The molecule has 0 aromatic carbocycles. The third-order valence-corrected chi connectivity index (χ3v) is 3.62. The molecule has 2 N–H and O–H groups in total. The fourth-order valence-electron chi connectivity index (χ4n) is 1.16. The molecule has 0 bridgehead atoms. The largest absolute Gasteiger partial charge is 0.388 e. The zero-order chi connectivity index (χ0) is 10.6. The van der Waals surface area contributed by atoms with Gasteiger partial charge in [-0.25, -0.2) is 0 Å². The summed E-state index contributed by atoms with van der Waals surface area (Å²) in [6.07, 6.45) is 0.433. The molecule has 0 fully saturated rings. The van der Waals surface area contributed by atoms with Crippen molar-refractivity contribution < 1.29 is 5.11 Å². The molecule has 2 nitrogen and oxygen atoms in total. The van der Waals surface area contributed by atoms with E-state index in [-0.39, 0.29) is 6.10 Å². The quantitative estimate of drug-likeness (QED) is 0.868. The molecule has 1 unspecified atom stereocenters. The molecule has 1 heterocycles. The second-order valence-electron chi connectivity index (χ2n) is 3.56. The summed E-state index contributed by atoms with van der Waals surface area (Å²) in [5.41, 5.74) is 0. The number of hydrogen-bond acceptors (Lipinski definition) is 3. The van der Waals surface area contributed by atoms with Crippen molar-refractivity contribution >= 4 is 27.3 Å². The lowest BCUT2D eigenvalue weighted by Crippen LogP contribution is -2.24. The summed E-state index contributed by atoms with van der Waals surface area (Å²) >= 11 is 4.98. The zero-order valence-corrected chi connectivity index (χ0v) is 10.9. The van der Waals surface area contributed by atoms with E-state index in [0.717, 1.165) is 21.6 Å². The van der Waals surface area contributed by atoms with Gasteiger partial charge >= 0.3 is 0 Å². The minimum Gasteiger partial charge on any atom is -0.388 e. The van der Waals surface area contributed by atoms with Gasteiger partial charge in [0.2, 0.25) is 0 Å². The maximum absolute atomic E-state index is 9.80. The van der Waals surface area contributed by atoms with Crippen LogP contribution in [0.5, 0.6) is 0 Å². The van der Waals surface area contributed by atoms with Crippen LogP contribution in [0.15, 0.2) is 15.9 Å². The topological polar surface area (TPSA) is 32.3 Å².